The number of carbonyl (C=O) groups excluding carboxylic acids is 3. The van der Waals surface area contributed by atoms with Gasteiger partial charge in [0, 0.05) is 23.7 Å². The lowest BCUT2D eigenvalue weighted by Crippen LogP contribution is -2.49. The van der Waals surface area contributed by atoms with Crippen LogP contribution in [0.5, 0.6) is 0 Å². The van der Waals surface area contributed by atoms with Gasteiger partial charge in [-0.3, -0.25) is 4.90 Å². The van der Waals surface area contributed by atoms with Gasteiger partial charge in [-0.1, -0.05) is 42.5 Å². The molecule has 1 atom stereocenters. The van der Waals surface area contributed by atoms with E-state index in [2.05, 4.69) is 11.9 Å². The van der Waals surface area contributed by atoms with Gasteiger partial charge in [-0.25, -0.2) is 14.4 Å². The Balaban J connectivity index is 2.98. The minimum Gasteiger partial charge on any atom is -0.460 e. The minimum absolute atomic E-state index is 0.00290. The van der Waals surface area contributed by atoms with Crippen LogP contribution in [0.3, 0.4) is 0 Å². The van der Waals surface area contributed by atoms with Crippen LogP contribution < -0.4 is 11.1 Å². The van der Waals surface area contributed by atoms with Crippen molar-refractivity contribution >= 4 is 29.8 Å². The van der Waals surface area contributed by atoms with Crippen LogP contribution in [-0.2, 0) is 25.6 Å². The van der Waals surface area contributed by atoms with E-state index >= 15 is 0 Å². The summed E-state index contributed by atoms with van der Waals surface area (Å²) in [6.07, 6.45) is 1.66. The number of esters is 1. The smallest absolute Gasteiger partial charge is 0.410 e. The van der Waals surface area contributed by atoms with E-state index < -0.39 is 29.8 Å². The molecule has 34 heavy (non-hydrogen) atoms. The summed E-state index contributed by atoms with van der Waals surface area (Å²) in [4.78, 5) is 39.1. The quantitative estimate of drug-likeness (QED) is 0.183. The predicted molar refractivity (Wildman–Crippen MR) is 130 cm³/mol. The SMILES string of the molecule is C=CCOC(=O)[C@H](CCCCN)N(CCNC(=O)OC(C)(C)C)C(=O)OCc1ccccc1Cl. The number of halogens is 1. The molecule has 0 unspecified atom stereocenters. The average molecular weight is 498 g/mol. The molecule has 1 aromatic rings. The van der Waals surface area contributed by atoms with Gasteiger partial charge in [0.05, 0.1) is 0 Å². The largest absolute Gasteiger partial charge is 0.460 e. The summed E-state index contributed by atoms with van der Waals surface area (Å²) in [7, 11) is 0. The van der Waals surface area contributed by atoms with Gasteiger partial charge < -0.3 is 25.3 Å². The second-order valence-corrected chi connectivity index (χ2v) is 8.89. The third-order valence-corrected chi connectivity index (χ3v) is 4.86. The van der Waals surface area contributed by atoms with Crippen molar-refractivity contribution < 1.29 is 28.6 Å². The molecule has 0 spiro atoms. The Kier molecular flexibility index (Phi) is 13.1. The molecule has 0 aliphatic carbocycles. The van der Waals surface area contributed by atoms with E-state index in [4.69, 9.17) is 31.5 Å². The van der Waals surface area contributed by atoms with Gasteiger partial charge in [0.25, 0.3) is 0 Å². The maximum Gasteiger partial charge on any atom is 0.410 e. The number of nitrogens with zero attached hydrogens (tertiary/aromatic N) is 1. The first kappa shape index (κ1) is 29.3. The maximum absolute atomic E-state index is 13.0. The number of hydrogen-bond donors (Lipinski definition) is 2. The standard InChI is InChI=1S/C24H36ClN3O6/c1-5-16-32-21(29)20(12-8-9-13-26)28(15-14-27-22(30)34-24(2,3)4)23(31)33-17-18-10-6-7-11-19(18)25/h5-7,10-11,20H,1,8-9,12-17,26H2,2-4H3,(H,27,30)/t20-/m0/s1. The summed E-state index contributed by atoms with van der Waals surface area (Å²) in [5.41, 5.74) is 5.54. The first-order valence-corrected chi connectivity index (χ1v) is 11.6. The number of unbranched alkanes of at least 4 members (excludes halogenated alkanes) is 1. The van der Waals surface area contributed by atoms with Crippen LogP contribution in [-0.4, -0.2) is 60.9 Å². The zero-order valence-corrected chi connectivity index (χ0v) is 20.9. The first-order valence-electron chi connectivity index (χ1n) is 11.2. The first-order chi connectivity index (χ1) is 16.1. The van der Waals surface area contributed by atoms with Gasteiger partial charge in [0.1, 0.15) is 24.9 Å². The molecule has 0 saturated heterocycles. The number of nitrogens with one attached hydrogen (secondary N) is 1. The van der Waals surface area contributed by atoms with Crippen LogP contribution in [0.25, 0.3) is 0 Å². The number of rotatable bonds is 13. The van der Waals surface area contributed by atoms with Gasteiger partial charge in [0.15, 0.2) is 0 Å². The van der Waals surface area contributed by atoms with Gasteiger partial charge in [0.2, 0.25) is 0 Å². The van der Waals surface area contributed by atoms with Crippen LogP contribution >= 0.6 is 11.6 Å². The van der Waals surface area contributed by atoms with E-state index in [0.717, 1.165) is 0 Å². The molecule has 0 heterocycles. The number of amides is 2. The highest BCUT2D eigenvalue weighted by molar-refractivity contribution is 6.31. The Morgan fingerprint density at radius 1 is 1.21 bits per heavy atom. The van der Waals surface area contributed by atoms with Crippen LogP contribution in [0, 0.1) is 0 Å². The second kappa shape index (κ2) is 15.2. The number of benzene rings is 1. The second-order valence-electron chi connectivity index (χ2n) is 8.49. The summed E-state index contributed by atoms with van der Waals surface area (Å²) in [6.45, 7) is 9.19. The number of nitrogens with two attached hydrogens (primary N) is 1. The topological polar surface area (TPSA) is 120 Å². The highest BCUT2D eigenvalue weighted by atomic mass is 35.5. The molecular formula is C24H36ClN3O6. The predicted octanol–water partition coefficient (Wildman–Crippen LogP) is 4.03. The highest BCUT2D eigenvalue weighted by Crippen LogP contribution is 2.18. The van der Waals surface area contributed by atoms with Crippen LogP contribution in [0.15, 0.2) is 36.9 Å². The molecule has 0 bridgehead atoms. The van der Waals surface area contributed by atoms with Crippen molar-refractivity contribution in [3.63, 3.8) is 0 Å². The summed E-state index contributed by atoms with van der Waals surface area (Å²) in [5.74, 6) is -0.594. The van der Waals surface area contributed by atoms with Gasteiger partial charge in [-0.2, -0.15) is 0 Å². The van der Waals surface area contributed by atoms with Crippen molar-refractivity contribution in [2.75, 3.05) is 26.2 Å². The molecule has 190 valence electrons. The molecule has 0 saturated carbocycles. The molecule has 9 nitrogen and oxygen atoms in total. The van der Waals surface area contributed by atoms with E-state index in [-0.39, 0.29) is 26.3 Å². The zero-order valence-electron chi connectivity index (χ0n) is 20.2. The number of ether oxygens (including phenoxy) is 3. The molecule has 10 heteroatoms. The molecule has 0 aliphatic heterocycles. The van der Waals surface area contributed by atoms with Crippen molar-refractivity contribution in [3.05, 3.63) is 47.5 Å². The molecular weight excluding hydrogens is 462 g/mol. The van der Waals surface area contributed by atoms with Gasteiger partial charge in [-0.05, 0) is 52.6 Å². The summed E-state index contributed by atoms with van der Waals surface area (Å²) < 4.78 is 15.9. The van der Waals surface area contributed by atoms with Gasteiger partial charge >= 0.3 is 18.2 Å². The highest BCUT2D eigenvalue weighted by Gasteiger charge is 2.32. The molecule has 1 aromatic carbocycles. The zero-order chi connectivity index (χ0) is 25.6. The number of alkyl carbamates (subject to hydrolysis) is 1. The van der Waals surface area contributed by atoms with Crippen molar-refractivity contribution in [1.82, 2.24) is 10.2 Å². The third-order valence-electron chi connectivity index (χ3n) is 4.49. The fraction of sp³-hybridized carbons (Fsp3) is 0.542. The Morgan fingerprint density at radius 2 is 1.91 bits per heavy atom. The Labute approximate surface area is 206 Å². The molecule has 0 aliphatic rings. The number of carbonyl (C=O) groups is 3. The van der Waals surface area contributed by atoms with E-state index in [1.165, 1.54) is 11.0 Å². The lowest BCUT2D eigenvalue weighted by atomic mass is 10.1. The average Bonchev–Trinajstić information content (AvgIpc) is 2.76. The Morgan fingerprint density at radius 3 is 2.53 bits per heavy atom. The Bertz CT molecular complexity index is 812. The van der Waals surface area contributed by atoms with Crippen molar-refractivity contribution in [2.24, 2.45) is 5.73 Å². The van der Waals surface area contributed by atoms with Crippen LogP contribution in [0.2, 0.25) is 5.02 Å². The van der Waals surface area contributed by atoms with Crippen molar-refractivity contribution in [1.29, 1.82) is 0 Å². The summed E-state index contributed by atoms with van der Waals surface area (Å²) in [6, 6.07) is 6.05. The summed E-state index contributed by atoms with van der Waals surface area (Å²) >= 11 is 6.15. The number of hydrogen-bond acceptors (Lipinski definition) is 7. The fourth-order valence-electron chi connectivity index (χ4n) is 2.93. The molecule has 0 radical (unpaired) electrons. The fourth-order valence-corrected chi connectivity index (χ4v) is 3.12. The maximum atomic E-state index is 13.0. The van der Waals surface area contributed by atoms with Crippen LogP contribution in [0.1, 0.15) is 45.6 Å². The lowest BCUT2D eigenvalue weighted by molar-refractivity contribution is -0.148. The molecule has 2 amide bonds. The lowest BCUT2D eigenvalue weighted by Gasteiger charge is -2.30. The minimum atomic E-state index is -0.925. The van der Waals surface area contributed by atoms with E-state index in [0.29, 0.717) is 36.4 Å². The van der Waals surface area contributed by atoms with E-state index in [1.807, 2.05) is 0 Å². The van der Waals surface area contributed by atoms with Crippen molar-refractivity contribution in [2.45, 2.75) is 58.3 Å². The molecule has 0 aromatic heterocycles. The molecule has 0 fully saturated rings. The third kappa shape index (κ3) is 11.4. The summed E-state index contributed by atoms with van der Waals surface area (Å²) in [5, 5.41) is 3.05. The van der Waals surface area contributed by atoms with Gasteiger partial charge in [-0.15, -0.1) is 0 Å². The monoisotopic (exact) mass is 497 g/mol. The molecule has 3 N–H and O–H groups in total. The van der Waals surface area contributed by atoms with E-state index in [1.54, 1.807) is 45.0 Å². The van der Waals surface area contributed by atoms with Crippen LogP contribution in [0.4, 0.5) is 9.59 Å². The molecule has 1 rings (SSSR count). The Hall–Kier alpha value is -2.78. The normalized spacial score (nSPS) is 11.8. The van der Waals surface area contributed by atoms with Crippen molar-refractivity contribution in [3.8, 4) is 0 Å². The van der Waals surface area contributed by atoms with E-state index in [9.17, 15) is 14.4 Å².